The number of non-ortho nitro benzene ring substituents is 1. The molecule has 2 aliphatic rings. The zero-order chi connectivity index (χ0) is 14.3. The second-order valence-corrected chi connectivity index (χ2v) is 5.52. The first kappa shape index (κ1) is 13.0. The molecule has 0 saturated carbocycles. The molecule has 106 valence electrons. The average molecular weight is 278 g/mol. The molecule has 2 aliphatic heterocycles. The van der Waals surface area contributed by atoms with Gasteiger partial charge in [0, 0.05) is 36.7 Å². The third-order valence-electron chi connectivity index (χ3n) is 4.16. The number of rotatable bonds is 2. The molecule has 2 bridgehead atoms. The third-order valence-corrected chi connectivity index (χ3v) is 4.16. The average Bonchev–Trinajstić information content (AvgIpc) is 2.36. The minimum atomic E-state index is -0.607. The van der Waals surface area contributed by atoms with E-state index in [0.29, 0.717) is 18.5 Å². The number of nitro groups is 1. The van der Waals surface area contributed by atoms with Crippen LogP contribution in [-0.4, -0.2) is 22.8 Å². The number of fused-ring (bicyclic) bond motifs is 2. The van der Waals surface area contributed by atoms with Gasteiger partial charge >= 0.3 is 0 Å². The first-order valence-electron chi connectivity index (χ1n) is 6.79. The number of anilines is 1. The van der Waals surface area contributed by atoms with Gasteiger partial charge in [-0.25, -0.2) is 4.39 Å². The molecular formula is C14H15FN2O3. The van der Waals surface area contributed by atoms with Crippen molar-refractivity contribution in [2.45, 2.75) is 44.2 Å². The molecule has 5 nitrogen and oxygen atoms in total. The van der Waals surface area contributed by atoms with E-state index in [0.717, 1.165) is 25.3 Å². The summed E-state index contributed by atoms with van der Waals surface area (Å²) >= 11 is 0. The van der Waals surface area contributed by atoms with Crippen LogP contribution in [0.1, 0.15) is 32.1 Å². The molecule has 3 rings (SSSR count). The topological polar surface area (TPSA) is 63.5 Å². The maximum atomic E-state index is 13.6. The first-order valence-corrected chi connectivity index (χ1v) is 6.79. The smallest absolute Gasteiger partial charge is 0.274 e. The van der Waals surface area contributed by atoms with E-state index in [9.17, 15) is 19.3 Å². The highest BCUT2D eigenvalue weighted by molar-refractivity contribution is 5.82. The number of ketones is 1. The molecule has 0 spiro atoms. The Morgan fingerprint density at radius 2 is 1.85 bits per heavy atom. The molecule has 2 fully saturated rings. The second kappa shape index (κ2) is 4.85. The van der Waals surface area contributed by atoms with Gasteiger partial charge in [-0.15, -0.1) is 0 Å². The Kier molecular flexibility index (Phi) is 3.16. The molecule has 1 aromatic carbocycles. The van der Waals surface area contributed by atoms with Gasteiger partial charge in [0.05, 0.1) is 11.0 Å². The Balaban J connectivity index is 1.99. The summed E-state index contributed by atoms with van der Waals surface area (Å²) in [6.07, 6.45) is 3.73. The van der Waals surface area contributed by atoms with Gasteiger partial charge in [0.15, 0.2) is 0 Å². The number of carbonyl (C=O) groups excluding carboxylic acids is 1. The molecule has 20 heavy (non-hydrogen) atoms. The van der Waals surface area contributed by atoms with Gasteiger partial charge in [0.2, 0.25) is 0 Å². The van der Waals surface area contributed by atoms with E-state index in [2.05, 4.69) is 0 Å². The van der Waals surface area contributed by atoms with Crippen LogP contribution in [0, 0.1) is 15.9 Å². The highest BCUT2D eigenvalue weighted by Gasteiger charge is 2.38. The summed E-state index contributed by atoms with van der Waals surface area (Å²) < 4.78 is 13.6. The fourth-order valence-corrected chi connectivity index (χ4v) is 3.41. The van der Waals surface area contributed by atoms with Gasteiger partial charge < -0.3 is 4.90 Å². The predicted molar refractivity (Wildman–Crippen MR) is 71.2 cm³/mol. The van der Waals surface area contributed by atoms with Crippen LogP contribution >= 0.6 is 0 Å². The number of benzene rings is 1. The van der Waals surface area contributed by atoms with Crippen LogP contribution in [0.25, 0.3) is 0 Å². The molecule has 0 N–H and O–H groups in total. The van der Waals surface area contributed by atoms with Gasteiger partial charge in [0.25, 0.3) is 5.69 Å². The molecule has 2 atom stereocenters. The third kappa shape index (κ3) is 2.26. The van der Waals surface area contributed by atoms with E-state index in [-0.39, 0.29) is 23.6 Å². The van der Waals surface area contributed by atoms with Crippen molar-refractivity contribution in [1.29, 1.82) is 0 Å². The number of hydrogen-bond acceptors (Lipinski definition) is 4. The van der Waals surface area contributed by atoms with Gasteiger partial charge in [-0.3, -0.25) is 14.9 Å². The molecule has 0 aliphatic carbocycles. The number of hydrogen-bond donors (Lipinski definition) is 0. The quantitative estimate of drug-likeness (QED) is 0.616. The summed E-state index contributed by atoms with van der Waals surface area (Å²) in [5, 5.41) is 10.9. The fraction of sp³-hybridized carbons (Fsp3) is 0.500. The predicted octanol–water partition coefficient (Wildman–Crippen LogP) is 2.82. The molecule has 0 amide bonds. The summed E-state index contributed by atoms with van der Waals surface area (Å²) in [7, 11) is 0. The molecule has 6 heteroatoms. The molecule has 0 radical (unpaired) electrons. The standard InChI is InChI=1S/C14H15FN2O3/c15-9-4-12(6-13(5-9)17(19)20)16-10-2-1-3-11(16)8-14(18)7-10/h4-6,10-11H,1-3,7-8H2. The van der Waals surface area contributed by atoms with Crippen molar-refractivity contribution in [3.8, 4) is 0 Å². The molecular weight excluding hydrogens is 263 g/mol. The number of nitrogens with zero attached hydrogens (tertiary/aromatic N) is 2. The van der Waals surface area contributed by atoms with Gasteiger partial charge in [-0.1, -0.05) is 0 Å². The summed E-state index contributed by atoms with van der Waals surface area (Å²) in [6.45, 7) is 0. The Hall–Kier alpha value is -1.98. The van der Waals surface area contributed by atoms with Crippen molar-refractivity contribution in [3.63, 3.8) is 0 Å². The highest BCUT2D eigenvalue weighted by Crippen LogP contribution is 2.37. The van der Waals surface area contributed by atoms with Crippen molar-refractivity contribution in [2.24, 2.45) is 0 Å². The number of Topliss-reactive ketones (excluding diaryl/α,β-unsaturated/α-hetero) is 1. The van der Waals surface area contributed by atoms with Crippen LogP contribution in [0.5, 0.6) is 0 Å². The summed E-state index contributed by atoms with van der Waals surface area (Å²) in [5.41, 5.74) is 0.286. The van der Waals surface area contributed by atoms with E-state index in [1.54, 1.807) is 0 Å². The van der Waals surface area contributed by atoms with Crippen molar-refractivity contribution < 1.29 is 14.1 Å². The van der Waals surface area contributed by atoms with Crippen LogP contribution in [0.3, 0.4) is 0 Å². The van der Waals surface area contributed by atoms with Crippen molar-refractivity contribution in [3.05, 3.63) is 34.1 Å². The van der Waals surface area contributed by atoms with Crippen LogP contribution in [0.15, 0.2) is 18.2 Å². The number of halogens is 1. The van der Waals surface area contributed by atoms with Gasteiger partial charge in [-0.2, -0.15) is 0 Å². The lowest BCUT2D eigenvalue weighted by molar-refractivity contribution is -0.385. The van der Waals surface area contributed by atoms with E-state index >= 15 is 0 Å². The van der Waals surface area contributed by atoms with Crippen LogP contribution in [0.4, 0.5) is 15.8 Å². The molecule has 2 unspecified atom stereocenters. The van der Waals surface area contributed by atoms with Crippen LogP contribution in [0.2, 0.25) is 0 Å². The summed E-state index contributed by atoms with van der Waals surface area (Å²) in [4.78, 5) is 24.0. The zero-order valence-electron chi connectivity index (χ0n) is 10.9. The van der Waals surface area contributed by atoms with Gasteiger partial charge in [-0.05, 0) is 25.3 Å². The largest absolute Gasteiger partial charge is 0.364 e. The van der Waals surface area contributed by atoms with E-state index in [4.69, 9.17) is 0 Å². The van der Waals surface area contributed by atoms with Crippen LogP contribution < -0.4 is 4.90 Å². The second-order valence-electron chi connectivity index (χ2n) is 5.52. The molecule has 2 saturated heterocycles. The Bertz CT molecular complexity index is 560. The normalized spacial score (nSPS) is 25.6. The minimum Gasteiger partial charge on any atom is -0.364 e. The van der Waals surface area contributed by atoms with Crippen LogP contribution in [-0.2, 0) is 4.79 Å². The van der Waals surface area contributed by atoms with Crippen molar-refractivity contribution in [2.75, 3.05) is 4.90 Å². The number of carbonyl (C=O) groups is 1. The summed E-state index contributed by atoms with van der Waals surface area (Å²) in [6, 6.07) is 3.76. The van der Waals surface area contributed by atoms with E-state index < -0.39 is 10.7 Å². The maximum absolute atomic E-state index is 13.6. The van der Waals surface area contributed by atoms with E-state index in [1.807, 2.05) is 4.90 Å². The molecule has 2 heterocycles. The number of piperidine rings is 2. The zero-order valence-corrected chi connectivity index (χ0v) is 10.9. The molecule has 0 aromatic heterocycles. The fourth-order valence-electron chi connectivity index (χ4n) is 3.41. The van der Waals surface area contributed by atoms with Crippen molar-refractivity contribution >= 4 is 17.2 Å². The summed E-state index contributed by atoms with van der Waals surface area (Å²) in [5.74, 6) is -0.369. The minimum absolute atomic E-state index is 0.0522. The van der Waals surface area contributed by atoms with Gasteiger partial charge in [0.1, 0.15) is 11.6 Å². The first-order chi connectivity index (χ1) is 9.54. The lowest BCUT2D eigenvalue weighted by Gasteiger charge is -2.47. The Morgan fingerprint density at radius 1 is 1.20 bits per heavy atom. The molecule has 1 aromatic rings. The lowest BCUT2D eigenvalue weighted by atomic mass is 9.83. The highest BCUT2D eigenvalue weighted by atomic mass is 19.1. The monoisotopic (exact) mass is 278 g/mol. The van der Waals surface area contributed by atoms with Crippen molar-refractivity contribution in [1.82, 2.24) is 0 Å². The van der Waals surface area contributed by atoms with E-state index in [1.165, 1.54) is 12.1 Å². The Morgan fingerprint density at radius 3 is 2.45 bits per heavy atom. The Labute approximate surface area is 115 Å². The maximum Gasteiger partial charge on any atom is 0.274 e. The lowest BCUT2D eigenvalue weighted by Crippen LogP contribution is -2.52. The number of nitro benzene ring substituents is 1. The SMILES string of the molecule is O=C1CC2CCCC(C1)N2c1cc(F)cc([N+](=O)[O-])c1.